The molecule has 1 aromatic rings. The van der Waals surface area contributed by atoms with Crippen molar-refractivity contribution in [3.8, 4) is 0 Å². The Morgan fingerprint density at radius 1 is 1.42 bits per heavy atom. The van der Waals surface area contributed by atoms with Gasteiger partial charge in [-0.3, -0.25) is 4.79 Å². The molecule has 1 aromatic carbocycles. The van der Waals surface area contributed by atoms with Crippen LogP contribution in [0.5, 0.6) is 0 Å². The minimum Gasteiger partial charge on any atom is -0.333 e. The van der Waals surface area contributed by atoms with Crippen LogP contribution in [0.4, 0.5) is 4.79 Å². The van der Waals surface area contributed by atoms with Crippen molar-refractivity contribution in [3.63, 3.8) is 0 Å². The second-order valence-electron chi connectivity index (χ2n) is 2.62. The fourth-order valence-corrected chi connectivity index (χ4v) is 0.996. The van der Waals surface area contributed by atoms with Crippen LogP contribution in [0.15, 0.2) is 30.3 Å². The maximum Gasteiger partial charge on any atom is 0.278 e. The smallest absolute Gasteiger partial charge is 0.278 e. The third-order valence-electron chi connectivity index (χ3n) is 1.59. The summed E-state index contributed by atoms with van der Waals surface area (Å²) in [5, 5.41) is -0.209. The lowest BCUT2D eigenvalue weighted by Gasteiger charge is -2.13. The first kappa shape index (κ1) is 9.13. The Morgan fingerprint density at radius 3 is 2.50 bits per heavy atom. The first-order chi connectivity index (χ1) is 5.70. The minimum absolute atomic E-state index is 0.209. The summed E-state index contributed by atoms with van der Waals surface area (Å²) < 4.78 is 0. The average molecular weight is 181 g/mol. The molecule has 12 heavy (non-hydrogen) atoms. The van der Waals surface area contributed by atoms with Crippen LogP contribution in [0, 0.1) is 0 Å². The molecule has 0 aliphatic carbocycles. The second-order valence-corrected chi connectivity index (χ2v) is 3.01. The lowest BCUT2D eigenvalue weighted by atomic mass is 10.2. The lowest BCUT2D eigenvalue weighted by Crippen LogP contribution is -2.19. The topological polar surface area (TPSA) is 20.3 Å². The van der Waals surface area contributed by atoms with Crippen molar-refractivity contribution in [3.05, 3.63) is 35.9 Å². The number of nitrogens with zero attached hydrogens (tertiary/aromatic N) is 1. The van der Waals surface area contributed by atoms with Gasteiger partial charge in [0.15, 0.2) is 0 Å². The molecule has 0 fully saturated rings. The lowest BCUT2D eigenvalue weighted by molar-refractivity contribution is 0.232. The monoisotopic (exact) mass is 181 g/mol. The Labute approximate surface area is 77.6 Å². The molecule has 1 amide bonds. The van der Waals surface area contributed by atoms with E-state index in [4.69, 9.17) is 0 Å². The summed E-state index contributed by atoms with van der Waals surface area (Å²) in [4.78, 5) is 12.3. The molecule has 2 nitrogen and oxygen atoms in total. The Hall–Kier alpha value is -0.960. The first-order valence-electron chi connectivity index (χ1n) is 3.68. The molecule has 0 saturated carbocycles. The van der Waals surface area contributed by atoms with Crippen LogP contribution in [-0.4, -0.2) is 17.2 Å². The highest BCUT2D eigenvalue weighted by Crippen LogP contribution is 2.03. The Morgan fingerprint density at radius 2 is 2.00 bits per heavy atom. The number of benzene rings is 1. The Bertz CT molecular complexity index is 260. The van der Waals surface area contributed by atoms with E-state index < -0.39 is 0 Å². The van der Waals surface area contributed by atoms with Crippen LogP contribution in [0.3, 0.4) is 0 Å². The van der Waals surface area contributed by atoms with E-state index in [9.17, 15) is 4.79 Å². The molecule has 0 aliphatic heterocycles. The molecular weight excluding hydrogens is 170 g/mol. The largest absolute Gasteiger partial charge is 0.333 e. The summed E-state index contributed by atoms with van der Waals surface area (Å²) in [5.41, 5.74) is 1.11. The standard InChI is InChI=1S/C9H11NOS/c1-10(9(11)12)7-8-5-3-2-4-6-8/h2-6H,7H2,1H3,(H,11,12). The SMILES string of the molecule is CN(Cc1ccccc1)C(=O)S. The van der Waals surface area contributed by atoms with Gasteiger partial charge < -0.3 is 4.90 Å². The van der Waals surface area contributed by atoms with Gasteiger partial charge in [0, 0.05) is 13.6 Å². The summed E-state index contributed by atoms with van der Waals surface area (Å²) in [6.45, 7) is 0.614. The molecule has 0 bridgehead atoms. The molecule has 1 rings (SSSR count). The predicted molar refractivity (Wildman–Crippen MR) is 52.3 cm³/mol. The maximum absolute atomic E-state index is 10.7. The van der Waals surface area contributed by atoms with Gasteiger partial charge in [-0.2, -0.15) is 0 Å². The van der Waals surface area contributed by atoms with Gasteiger partial charge in [-0.25, -0.2) is 0 Å². The van der Waals surface area contributed by atoms with Crippen molar-refractivity contribution in [1.82, 2.24) is 4.90 Å². The van der Waals surface area contributed by atoms with Crippen LogP contribution in [0.2, 0.25) is 0 Å². The Balaban J connectivity index is 2.58. The average Bonchev–Trinajstić information content (AvgIpc) is 2.06. The minimum atomic E-state index is -0.209. The molecule has 0 spiro atoms. The number of hydrogen-bond acceptors (Lipinski definition) is 1. The van der Waals surface area contributed by atoms with Gasteiger partial charge in [0.2, 0.25) is 0 Å². The van der Waals surface area contributed by atoms with Crippen LogP contribution in [0.1, 0.15) is 5.56 Å². The zero-order valence-corrected chi connectivity index (χ0v) is 7.79. The van der Waals surface area contributed by atoms with E-state index >= 15 is 0 Å². The van der Waals surface area contributed by atoms with Gasteiger partial charge in [-0.05, 0) is 5.56 Å². The highest BCUT2D eigenvalue weighted by Gasteiger charge is 2.02. The van der Waals surface area contributed by atoms with Crippen LogP contribution in [0.25, 0.3) is 0 Å². The van der Waals surface area contributed by atoms with E-state index in [0.29, 0.717) is 6.54 Å². The van der Waals surface area contributed by atoms with Crippen LogP contribution >= 0.6 is 12.6 Å². The molecule has 3 heteroatoms. The van der Waals surface area contributed by atoms with E-state index in [1.807, 2.05) is 30.3 Å². The fraction of sp³-hybridized carbons (Fsp3) is 0.222. The quantitative estimate of drug-likeness (QED) is 0.693. The predicted octanol–water partition coefficient (Wildman–Crippen LogP) is 2.17. The number of rotatable bonds is 2. The molecule has 0 unspecified atom stereocenters. The normalized spacial score (nSPS) is 9.50. The molecular formula is C9H11NOS. The number of amides is 1. The first-order valence-corrected chi connectivity index (χ1v) is 4.13. The summed E-state index contributed by atoms with van der Waals surface area (Å²) in [5.74, 6) is 0. The van der Waals surface area contributed by atoms with Crippen molar-refractivity contribution in [2.75, 3.05) is 7.05 Å². The molecule has 64 valence electrons. The van der Waals surface area contributed by atoms with E-state index in [2.05, 4.69) is 12.6 Å². The van der Waals surface area contributed by atoms with E-state index in [1.165, 1.54) is 0 Å². The number of hydrogen-bond donors (Lipinski definition) is 1. The van der Waals surface area contributed by atoms with Crippen molar-refractivity contribution in [2.24, 2.45) is 0 Å². The molecule has 0 radical (unpaired) electrons. The van der Waals surface area contributed by atoms with E-state index in [-0.39, 0.29) is 5.24 Å². The molecule has 0 saturated heterocycles. The summed E-state index contributed by atoms with van der Waals surface area (Å²) in [6, 6.07) is 9.81. The third kappa shape index (κ3) is 2.58. The zero-order chi connectivity index (χ0) is 8.97. The molecule has 0 heterocycles. The van der Waals surface area contributed by atoms with Crippen molar-refractivity contribution in [2.45, 2.75) is 6.54 Å². The summed E-state index contributed by atoms with van der Waals surface area (Å²) >= 11 is 3.71. The van der Waals surface area contributed by atoms with Crippen molar-refractivity contribution in [1.29, 1.82) is 0 Å². The van der Waals surface area contributed by atoms with Crippen LogP contribution in [-0.2, 0) is 6.54 Å². The molecule has 0 atom stereocenters. The zero-order valence-electron chi connectivity index (χ0n) is 6.90. The van der Waals surface area contributed by atoms with E-state index in [1.54, 1.807) is 11.9 Å². The number of carbonyl (C=O) groups is 1. The third-order valence-corrected chi connectivity index (χ3v) is 1.93. The fourth-order valence-electron chi connectivity index (χ4n) is 0.925. The van der Waals surface area contributed by atoms with Gasteiger partial charge in [-0.15, -0.1) is 0 Å². The van der Waals surface area contributed by atoms with Gasteiger partial charge in [-0.1, -0.05) is 43.0 Å². The maximum atomic E-state index is 10.7. The van der Waals surface area contributed by atoms with Crippen molar-refractivity contribution < 1.29 is 4.79 Å². The van der Waals surface area contributed by atoms with Crippen LogP contribution < -0.4 is 0 Å². The van der Waals surface area contributed by atoms with Gasteiger partial charge >= 0.3 is 0 Å². The highest BCUT2D eigenvalue weighted by molar-refractivity contribution is 7.96. The molecule has 0 aromatic heterocycles. The molecule has 0 N–H and O–H groups in total. The number of thiol groups is 1. The number of carbonyl (C=O) groups excluding carboxylic acids is 1. The molecule has 0 aliphatic rings. The summed E-state index contributed by atoms with van der Waals surface area (Å²) in [6.07, 6.45) is 0. The van der Waals surface area contributed by atoms with Crippen molar-refractivity contribution >= 4 is 17.9 Å². The Kier molecular flexibility index (Phi) is 3.17. The highest BCUT2D eigenvalue weighted by atomic mass is 32.1. The van der Waals surface area contributed by atoms with Gasteiger partial charge in [0.05, 0.1) is 0 Å². The summed E-state index contributed by atoms with van der Waals surface area (Å²) in [7, 11) is 1.72. The van der Waals surface area contributed by atoms with Gasteiger partial charge in [0.25, 0.3) is 5.24 Å². The van der Waals surface area contributed by atoms with E-state index in [0.717, 1.165) is 5.56 Å². The second kappa shape index (κ2) is 4.16. The van der Waals surface area contributed by atoms with Gasteiger partial charge in [0.1, 0.15) is 0 Å².